The lowest BCUT2D eigenvalue weighted by molar-refractivity contribution is -0.132. The van der Waals surface area contributed by atoms with Crippen molar-refractivity contribution in [2.45, 2.75) is 50.7 Å². The number of aryl methyl sites for hydroxylation is 1. The van der Waals surface area contributed by atoms with Gasteiger partial charge in [0.1, 0.15) is 0 Å². The van der Waals surface area contributed by atoms with Gasteiger partial charge in [0.2, 0.25) is 5.91 Å². The van der Waals surface area contributed by atoms with Crippen LogP contribution in [0.4, 0.5) is 0 Å². The van der Waals surface area contributed by atoms with Crippen molar-refractivity contribution in [3.8, 4) is 0 Å². The lowest BCUT2D eigenvalue weighted by Gasteiger charge is -2.26. The Bertz CT molecular complexity index is 707. The molecule has 1 aromatic heterocycles. The van der Waals surface area contributed by atoms with Gasteiger partial charge in [0.05, 0.1) is 18.6 Å². The standard InChI is InChI=1S/C19H25N3O3/c1-13-3-5-14(6-4-13)11-16(18(25-2)12-19(23)21-24)17-9-10-20-22(17)15-7-8-15/h3-6,9-10,15-16,18,24H,7-8,11-12H2,1-2H3,(H,21,23)/t16-,18?/m1/s1. The Morgan fingerprint density at radius 2 is 2.08 bits per heavy atom. The second kappa shape index (κ2) is 7.80. The SMILES string of the molecule is COC(CC(=O)NO)[C@H](Cc1ccc(C)cc1)c1ccnn1C1CC1. The van der Waals surface area contributed by atoms with Gasteiger partial charge in [-0.05, 0) is 37.8 Å². The number of aromatic nitrogens is 2. The molecular weight excluding hydrogens is 318 g/mol. The van der Waals surface area contributed by atoms with Crippen LogP contribution in [0.3, 0.4) is 0 Å². The Morgan fingerprint density at radius 3 is 2.68 bits per heavy atom. The maximum Gasteiger partial charge on any atom is 0.245 e. The first-order chi connectivity index (χ1) is 12.1. The predicted molar refractivity (Wildman–Crippen MR) is 93.5 cm³/mol. The van der Waals surface area contributed by atoms with E-state index in [-0.39, 0.29) is 18.4 Å². The maximum absolute atomic E-state index is 11.7. The number of rotatable bonds is 8. The quantitative estimate of drug-likeness (QED) is 0.571. The van der Waals surface area contributed by atoms with Crippen molar-refractivity contribution >= 4 is 5.91 Å². The van der Waals surface area contributed by atoms with Gasteiger partial charge in [-0.1, -0.05) is 29.8 Å². The van der Waals surface area contributed by atoms with E-state index < -0.39 is 5.91 Å². The van der Waals surface area contributed by atoms with Crippen LogP contribution < -0.4 is 5.48 Å². The fourth-order valence-electron chi connectivity index (χ4n) is 3.27. The number of benzene rings is 1. The Balaban J connectivity index is 1.90. The van der Waals surface area contributed by atoms with Gasteiger partial charge in [0.25, 0.3) is 0 Å². The molecule has 0 bridgehead atoms. The number of carbonyl (C=O) groups excluding carboxylic acids is 1. The topological polar surface area (TPSA) is 76.4 Å². The number of ether oxygens (including phenoxy) is 1. The first-order valence-corrected chi connectivity index (χ1v) is 8.67. The summed E-state index contributed by atoms with van der Waals surface area (Å²) in [6, 6.07) is 10.9. The van der Waals surface area contributed by atoms with E-state index in [2.05, 4.69) is 41.0 Å². The smallest absolute Gasteiger partial charge is 0.245 e. The monoisotopic (exact) mass is 343 g/mol. The van der Waals surface area contributed by atoms with Crippen LogP contribution in [0, 0.1) is 6.92 Å². The predicted octanol–water partition coefficient (Wildman–Crippen LogP) is 2.76. The number of hydrogen-bond donors (Lipinski definition) is 2. The average molecular weight is 343 g/mol. The van der Waals surface area contributed by atoms with Crippen LogP contribution in [0.15, 0.2) is 36.5 Å². The van der Waals surface area contributed by atoms with Crippen molar-refractivity contribution < 1.29 is 14.7 Å². The first kappa shape index (κ1) is 17.6. The highest BCUT2D eigenvalue weighted by molar-refractivity contribution is 5.75. The molecule has 6 heteroatoms. The second-order valence-corrected chi connectivity index (χ2v) is 6.74. The zero-order chi connectivity index (χ0) is 17.8. The van der Waals surface area contributed by atoms with E-state index in [1.54, 1.807) is 12.6 Å². The Hall–Kier alpha value is -2.18. The number of hydroxylamine groups is 1. The molecule has 0 saturated heterocycles. The molecule has 1 heterocycles. The molecule has 1 unspecified atom stereocenters. The molecule has 2 atom stereocenters. The summed E-state index contributed by atoms with van der Waals surface area (Å²) < 4.78 is 7.72. The maximum atomic E-state index is 11.7. The van der Waals surface area contributed by atoms with E-state index in [0.717, 1.165) is 25.0 Å². The van der Waals surface area contributed by atoms with E-state index in [9.17, 15) is 4.79 Å². The van der Waals surface area contributed by atoms with Crippen LogP contribution in [-0.4, -0.2) is 34.1 Å². The first-order valence-electron chi connectivity index (χ1n) is 8.67. The van der Waals surface area contributed by atoms with E-state index in [1.165, 1.54) is 11.1 Å². The van der Waals surface area contributed by atoms with E-state index >= 15 is 0 Å². The van der Waals surface area contributed by atoms with Crippen molar-refractivity contribution in [2.75, 3.05) is 7.11 Å². The molecule has 0 aliphatic heterocycles. The van der Waals surface area contributed by atoms with E-state index in [4.69, 9.17) is 9.94 Å². The van der Waals surface area contributed by atoms with Crippen LogP contribution >= 0.6 is 0 Å². The number of amides is 1. The van der Waals surface area contributed by atoms with Gasteiger partial charge in [0.15, 0.2) is 0 Å². The highest BCUT2D eigenvalue weighted by Gasteiger charge is 2.33. The molecule has 6 nitrogen and oxygen atoms in total. The molecule has 2 N–H and O–H groups in total. The van der Waals surface area contributed by atoms with E-state index in [1.807, 2.05) is 12.3 Å². The third kappa shape index (κ3) is 4.27. The molecule has 134 valence electrons. The molecule has 1 amide bonds. The van der Waals surface area contributed by atoms with Gasteiger partial charge < -0.3 is 4.74 Å². The zero-order valence-electron chi connectivity index (χ0n) is 14.7. The van der Waals surface area contributed by atoms with Crippen LogP contribution in [0.1, 0.15) is 48.0 Å². The molecule has 1 aliphatic carbocycles. The Labute approximate surface area is 147 Å². The highest BCUT2D eigenvalue weighted by atomic mass is 16.5. The fourth-order valence-corrected chi connectivity index (χ4v) is 3.27. The van der Waals surface area contributed by atoms with Crippen LogP contribution in [0.5, 0.6) is 0 Å². The van der Waals surface area contributed by atoms with Gasteiger partial charge in [-0.2, -0.15) is 5.10 Å². The van der Waals surface area contributed by atoms with Gasteiger partial charge in [-0.15, -0.1) is 0 Å². The normalized spacial score (nSPS) is 16.4. The Morgan fingerprint density at radius 1 is 1.36 bits per heavy atom. The number of hydrogen-bond acceptors (Lipinski definition) is 4. The molecule has 1 aromatic carbocycles. The van der Waals surface area contributed by atoms with Crippen LogP contribution in [-0.2, 0) is 16.0 Å². The third-order valence-electron chi connectivity index (χ3n) is 4.81. The second-order valence-electron chi connectivity index (χ2n) is 6.74. The van der Waals surface area contributed by atoms with Crippen LogP contribution in [0.25, 0.3) is 0 Å². The minimum Gasteiger partial charge on any atom is -0.380 e. The van der Waals surface area contributed by atoms with Gasteiger partial charge in [0, 0.05) is 24.9 Å². The van der Waals surface area contributed by atoms with Crippen molar-refractivity contribution in [3.63, 3.8) is 0 Å². The van der Waals surface area contributed by atoms with Gasteiger partial charge in [-0.3, -0.25) is 14.7 Å². The van der Waals surface area contributed by atoms with E-state index in [0.29, 0.717) is 6.04 Å². The minimum absolute atomic E-state index is 0.0203. The molecule has 0 spiro atoms. The number of nitrogens with one attached hydrogen (secondary N) is 1. The lowest BCUT2D eigenvalue weighted by Crippen LogP contribution is -2.32. The van der Waals surface area contributed by atoms with Crippen molar-refractivity contribution in [1.82, 2.24) is 15.3 Å². The summed E-state index contributed by atoms with van der Waals surface area (Å²) in [5.41, 5.74) is 5.19. The molecule has 3 rings (SSSR count). The summed E-state index contributed by atoms with van der Waals surface area (Å²) in [7, 11) is 1.61. The van der Waals surface area contributed by atoms with Gasteiger partial charge >= 0.3 is 0 Å². The lowest BCUT2D eigenvalue weighted by atomic mass is 9.88. The molecule has 0 radical (unpaired) electrons. The molecule has 1 fully saturated rings. The molecule has 1 saturated carbocycles. The average Bonchev–Trinajstić information content (AvgIpc) is 3.36. The molecule has 1 aliphatic rings. The summed E-state index contributed by atoms with van der Waals surface area (Å²) in [5, 5.41) is 13.4. The summed E-state index contributed by atoms with van der Waals surface area (Å²) in [5.74, 6) is -0.466. The summed E-state index contributed by atoms with van der Waals surface area (Å²) in [4.78, 5) is 11.7. The summed E-state index contributed by atoms with van der Waals surface area (Å²) in [6.45, 7) is 2.06. The molecule has 25 heavy (non-hydrogen) atoms. The van der Waals surface area contributed by atoms with Crippen molar-refractivity contribution in [2.24, 2.45) is 0 Å². The zero-order valence-corrected chi connectivity index (χ0v) is 14.7. The molecular formula is C19H25N3O3. The Kier molecular flexibility index (Phi) is 5.50. The largest absolute Gasteiger partial charge is 0.380 e. The summed E-state index contributed by atoms with van der Waals surface area (Å²) >= 11 is 0. The third-order valence-corrected chi connectivity index (χ3v) is 4.81. The van der Waals surface area contributed by atoms with Crippen molar-refractivity contribution in [1.29, 1.82) is 0 Å². The number of nitrogens with zero attached hydrogens (tertiary/aromatic N) is 2. The van der Waals surface area contributed by atoms with Gasteiger partial charge in [-0.25, -0.2) is 5.48 Å². The van der Waals surface area contributed by atoms with Crippen LogP contribution in [0.2, 0.25) is 0 Å². The summed E-state index contributed by atoms with van der Waals surface area (Å²) in [6.07, 6.45) is 4.59. The minimum atomic E-state index is -0.446. The number of methoxy groups -OCH3 is 1. The fraction of sp³-hybridized carbons (Fsp3) is 0.474. The molecule has 2 aromatic rings. The highest BCUT2D eigenvalue weighted by Crippen LogP contribution is 2.38. The number of carbonyl (C=O) groups is 1. The van der Waals surface area contributed by atoms with Crippen molar-refractivity contribution in [3.05, 3.63) is 53.3 Å².